The van der Waals surface area contributed by atoms with Crippen LogP contribution < -0.4 is 43.0 Å². The first-order valence-corrected chi connectivity index (χ1v) is 32.9. The molecule has 5 aliphatic carbocycles. The van der Waals surface area contributed by atoms with Crippen LogP contribution in [0.4, 0.5) is 9.59 Å². The number of Topliss-reactive ketones (excluding diaryl/α,β-unsaturated/α-hetero) is 4. The van der Waals surface area contributed by atoms with Gasteiger partial charge in [-0.1, -0.05) is 161 Å². The van der Waals surface area contributed by atoms with Gasteiger partial charge >= 0.3 is 12.1 Å². The Hall–Kier alpha value is -6.22. The standard InChI is InChI=1S/C36H59N5O6.C31H49N5O6/c1-11-16-23(27(43)30(45)37-19-12-2)38-29(44)26-25-22(35(25,9)10)21-41(26)31(46)28(34(6,7)8)39-32(47)40-36(17-14-13-15-18-36)20-24(42)33(3,4)5;1-16(37)22(18-10-8-7-9-11-18)34-29(42)35-25(30(2,3)4)28(41)36-15-19-21(31(19,5)6)23(36)27(40)33-20(14-17-12-13-17)24(38)26(32)39/h12,22-23,25-26,28H,2,11,13-21H2,1,3-10H3,(H,37,45)(H,38,44)(H2,39,40,47);17-23,25H,7-15H2,1-6H3,(H2,32,39)(H,33,40)(H2,34,35,42)/t22-,23?,25-,26-,28+;19-,20?,21-,22+,23-,25+/m00/s1. The van der Waals surface area contributed by atoms with Crippen molar-refractivity contribution in [3.05, 3.63) is 12.7 Å². The average molecular weight is 1250 g/mol. The zero-order valence-corrected chi connectivity index (χ0v) is 56.1. The minimum Gasteiger partial charge on any atom is -0.363 e. The van der Waals surface area contributed by atoms with Crippen molar-refractivity contribution in [2.24, 2.45) is 68.3 Å². The van der Waals surface area contributed by atoms with Crippen LogP contribution in [0.25, 0.3) is 0 Å². The van der Waals surface area contributed by atoms with Gasteiger partial charge in [0.2, 0.25) is 35.2 Å². The third kappa shape index (κ3) is 17.2. The van der Waals surface area contributed by atoms with E-state index in [4.69, 9.17) is 5.73 Å². The lowest BCUT2D eigenvalue weighted by atomic mass is 9.74. The highest BCUT2D eigenvalue weighted by atomic mass is 16.2. The highest BCUT2D eigenvalue weighted by molar-refractivity contribution is 6.38. The zero-order valence-electron chi connectivity index (χ0n) is 56.1. The summed E-state index contributed by atoms with van der Waals surface area (Å²) < 4.78 is 0. The molecule has 0 radical (unpaired) electrons. The highest BCUT2D eigenvalue weighted by Gasteiger charge is 2.71. The normalized spacial score (nSPS) is 25.6. The van der Waals surface area contributed by atoms with Gasteiger partial charge in [-0.3, -0.25) is 47.9 Å². The molecule has 2 heterocycles. The smallest absolute Gasteiger partial charge is 0.316 e. The van der Waals surface area contributed by atoms with Crippen LogP contribution in [-0.2, 0) is 47.9 Å². The number of urea groups is 2. The van der Waals surface area contributed by atoms with Crippen molar-refractivity contribution in [3.63, 3.8) is 0 Å². The molecule has 7 aliphatic rings. The van der Waals surface area contributed by atoms with E-state index in [1.165, 1.54) is 17.9 Å². The number of piperidine rings is 2. The summed E-state index contributed by atoms with van der Waals surface area (Å²) in [6.07, 6.45) is 13.8. The molecule has 0 aromatic rings. The van der Waals surface area contributed by atoms with Crippen LogP contribution in [0.15, 0.2) is 12.7 Å². The molecule has 498 valence electrons. The number of hydrogen-bond acceptors (Lipinski definition) is 12. The fourth-order valence-corrected chi connectivity index (χ4v) is 14.7. The lowest BCUT2D eigenvalue weighted by Crippen LogP contribution is -2.63. The molecule has 5 saturated carbocycles. The zero-order chi connectivity index (χ0) is 66.7. The van der Waals surface area contributed by atoms with E-state index < -0.39 is 117 Å². The minimum absolute atomic E-state index is 0.0680. The Morgan fingerprint density at radius 1 is 0.618 bits per heavy atom. The number of carbonyl (C=O) groups excluding carboxylic acids is 12. The average Bonchev–Trinajstić information content (AvgIpc) is 1.54. The van der Waals surface area contributed by atoms with E-state index in [1.54, 1.807) is 4.90 Å². The number of amides is 10. The second kappa shape index (κ2) is 28.1. The fraction of sp³-hybridized carbons (Fsp3) is 0.791. The van der Waals surface area contributed by atoms with Gasteiger partial charge in [0.15, 0.2) is 5.78 Å². The molecule has 2 aliphatic heterocycles. The number of hydrogen-bond donors (Lipinski definition) is 8. The molecule has 2 unspecified atom stereocenters. The van der Waals surface area contributed by atoms with Gasteiger partial charge in [-0.25, -0.2) is 9.59 Å². The molecule has 0 bridgehead atoms. The second-order valence-corrected chi connectivity index (χ2v) is 31.5. The monoisotopic (exact) mass is 1240 g/mol. The van der Waals surface area contributed by atoms with Gasteiger partial charge in [-0.05, 0) is 103 Å². The van der Waals surface area contributed by atoms with Gasteiger partial charge in [0.25, 0.3) is 11.8 Å². The Kier molecular flexibility index (Phi) is 22.7. The molecule has 7 rings (SSSR count). The molecule has 9 N–H and O–H groups in total. The highest BCUT2D eigenvalue weighted by Crippen LogP contribution is 2.66. The molecule has 11 atom stereocenters. The fourth-order valence-electron chi connectivity index (χ4n) is 14.7. The first-order chi connectivity index (χ1) is 41.2. The molecule has 0 spiro atoms. The van der Waals surface area contributed by atoms with E-state index in [-0.39, 0.29) is 83.2 Å². The van der Waals surface area contributed by atoms with E-state index in [2.05, 4.69) is 71.5 Å². The lowest BCUT2D eigenvalue weighted by Gasteiger charge is -2.41. The second-order valence-electron chi connectivity index (χ2n) is 31.5. The SMILES string of the molecule is C=CCNC(=O)C(=O)C(CCC)NC(=O)[C@@H]1[C@@H]2[C@H](CN1C(=O)[C@@H](NC(=O)NC1(CC(=O)C(C)(C)C)CCCCC1)C(C)(C)C)C2(C)C.CC(=O)[C@@H](NC(=O)N[C@H](C(=O)N1C[C@H]2[C@@H]([C@H]1C(=O)NC(CC1CC1)C(=O)C(N)=O)C2(C)C)C(C)(C)C)C1CCCCC1. The number of likely N-dealkylation sites (tertiary alicyclic amines) is 2. The number of nitrogens with one attached hydrogen (secondary N) is 7. The minimum atomic E-state index is -1.09. The third-order valence-electron chi connectivity index (χ3n) is 20.7. The van der Waals surface area contributed by atoms with Crippen molar-refractivity contribution in [1.29, 1.82) is 0 Å². The van der Waals surface area contributed by atoms with Crippen LogP contribution in [0, 0.1) is 62.6 Å². The molecule has 89 heavy (non-hydrogen) atoms. The number of carbonyl (C=O) groups is 12. The summed E-state index contributed by atoms with van der Waals surface area (Å²) in [5.41, 5.74) is 2.30. The van der Waals surface area contributed by atoms with Crippen molar-refractivity contribution in [2.75, 3.05) is 19.6 Å². The van der Waals surface area contributed by atoms with Gasteiger partial charge in [0.1, 0.15) is 30.0 Å². The first-order valence-electron chi connectivity index (χ1n) is 32.9. The number of ketones is 4. The molecule has 7 fully saturated rings. The van der Waals surface area contributed by atoms with Crippen LogP contribution in [0.1, 0.15) is 207 Å². The largest absolute Gasteiger partial charge is 0.363 e. The van der Waals surface area contributed by atoms with Crippen LogP contribution >= 0.6 is 0 Å². The van der Waals surface area contributed by atoms with E-state index in [0.717, 1.165) is 64.2 Å². The number of nitrogens with two attached hydrogens (primary N) is 1. The summed E-state index contributed by atoms with van der Waals surface area (Å²) >= 11 is 0. The third-order valence-corrected chi connectivity index (χ3v) is 20.7. The van der Waals surface area contributed by atoms with Crippen LogP contribution in [-0.4, -0.2) is 148 Å². The maximum absolute atomic E-state index is 14.4. The van der Waals surface area contributed by atoms with E-state index >= 15 is 0 Å². The first kappa shape index (κ1) is 71.9. The quantitative estimate of drug-likeness (QED) is 0.0401. The van der Waals surface area contributed by atoms with Gasteiger partial charge in [0.05, 0.1) is 18.1 Å². The van der Waals surface area contributed by atoms with Crippen molar-refractivity contribution in [1.82, 2.24) is 47.0 Å². The maximum atomic E-state index is 14.4. The molecular formula is C67H108N10O12. The molecule has 22 heteroatoms. The molecule has 10 amide bonds. The summed E-state index contributed by atoms with van der Waals surface area (Å²) in [5, 5.41) is 19.8. The number of fused-ring (bicyclic) bond motifs is 2. The summed E-state index contributed by atoms with van der Waals surface area (Å²) in [5.74, 6) is -4.95. The predicted octanol–water partition coefficient (Wildman–Crippen LogP) is 6.11. The summed E-state index contributed by atoms with van der Waals surface area (Å²) in [4.78, 5) is 162. The van der Waals surface area contributed by atoms with Gasteiger partial charge in [0, 0.05) is 37.0 Å². The number of primary amides is 1. The van der Waals surface area contributed by atoms with Gasteiger partial charge in [-0.2, -0.15) is 0 Å². The Morgan fingerprint density at radius 2 is 1.09 bits per heavy atom. The Labute approximate surface area is 528 Å². The Balaban J connectivity index is 0.000000285. The van der Waals surface area contributed by atoms with Crippen LogP contribution in [0.3, 0.4) is 0 Å². The predicted molar refractivity (Wildman–Crippen MR) is 337 cm³/mol. The molecule has 2 saturated heterocycles. The van der Waals surface area contributed by atoms with Crippen molar-refractivity contribution >= 4 is 70.6 Å². The van der Waals surface area contributed by atoms with E-state index in [0.29, 0.717) is 38.8 Å². The van der Waals surface area contributed by atoms with Crippen molar-refractivity contribution in [3.8, 4) is 0 Å². The van der Waals surface area contributed by atoms with E-state index in [1.807, 2.05) is 69.2 Å². The summed E-state index contributed by atoms with van der Waals surface area (Å²) in [6.45, 7) is 32.7. The van der Waals surface area contributed by atoms with Crippen LogP contribution in [0.5, 0.6) is 0 Å². The topological polar surface area (TPSA) is 322 Å². The number of rotatable bonds is 24. The molecule has 22 nitrogen and oxygen atoms in total. The van der Waals surface area contributed by atoms with Gasteiger partial charge < -0.3 is 52.8 Å². The number of nitrogens with zero attached hydrogens (tertiary/aromatic N) is 2. The van der Waals surface area contributed by atoms with E-state index in [9.17, 15) is 57.5 Å². The van der Waals surface area contributed by atoms with Crippen molar-refractivity contribution < 1.29 is 57.5 Å². The Bertz CT molecular complexity index is 2720. The summed E-state index contributed by atoms with van der Waals surface area (Å²) in [7, 11) is 0. The van der Waals surface area contributed by atoms with Crippen LogP contribution in [0.2, 0.25) is 0 Å². The van der Waals surface area contributed by atoms with Crippen molar-refractivity contribution in [2.45, 2.75) is 254 Å². The molecule has 0 aromatic carbocycles. The molecular weight excluding hydrogens is 1140 g/mol. The summed E-state index contributed by atoms with van der Waals surface area (Å²) in [6, 6.07) is -7.39. The lowest BCUT2D eigenvalue weighted by molar-refractivity contribution is -0.145. The maximum Gasteiger partial charge on any atom is 0.316 e. The molecule has 0 aromatic heterocycles. The van der Waals surface area contributed by atoms with Gasteiger partial charge in [-0.15, -0.1) is 6.58 Å². The Morgan fingerprint density at radius 3 is 1.52 bits per heavy atom.